The zero-order valence-corrected chi connectivity index (χ0v) is 14.6. The van der Waals surface area contributed by atoms with E-state index in [9.17, 15) is 8.42 Å². The zero-order valence-electron chi connectivity index (χ0n) is 12.3. The van der Waals surface area contributed by atoms with Crippen molar-refractivity contribution in [3.05, 3.63) is 28.3 Å². The summed E-state index contributed by atoms with van der Waals surface area (Å²) in [6.45, 7) is 5.73. The molecular formula is C14H21Cl2NO2S. The van der Waals surface area contributed by atoms with Crippen molar-refractivity contribution in [1.82, 2.24) is 4.31 Å². The van der Waals surface area contributed by atoms with Crippen LogP contribution in [0.2, 0.25) is 5.02 Å². The van der Waals surface area contributed by atoms with Crippen LogP contribution in [-0.2, 0) is 15.9 Å². The molecule has 0 bridgehead atoms. The molecule has 0 atom stereocenters. The van der Waals surface area contributed by atoms with Crippen LogP contribution in [0.15, 0.2) is 17.0 Å². The van der Waals surface area contributed by atoms with Crippen molar-refractivity contribution in [3.8, 4) is 0 Å². The van der Waals surface area contributed by atoms with Gasteiger partial charge in [-0.1, -0.05) is 25.4 Å². The maximum absolute atomic E-state index is 12.8. The standard InChI is InChI=1S/C14H21Cl2NO2S/c1-5-13(6-2)17(4)20(18,19)14-8-12(16)7-11(9-15)10(14)3/h7-8,13H,5-6,9H2,1-4H3. The van der Waals surface area contributed by atoms with Gasteiger partial charge in [-0.15, -0.1) is 11.6 Å². The second kappa shape index (κ2) is 7.12. The lowest BCUT2D eigenvalue weighted by Gasteiger charge is -2.26. The number of nitrogens with zero attached hydrogens (tertiary/aromatic N) is 1. The summed E-state index contributed by atoms with van der Waals surface area (Å²) >= 11 is 11.9. The average Bonchev–Trinajstić information content (AvgIpc) is 2.41. The minimum Gasteiger partial charge on any atom is -0.207 e. The second-order valence-electron chi connectivity index (χ2n) is 4.81. The first-order valence-corrected chi connectivity index (χ1v) is 8.97. The fourth-order valence-corrected chi connectivity index (χ4v) is 4.65. The van der Waals surface area contributed by atoms with Crippen molar-refractivity contribution in [3.63, 3.8) is 0 Å². The highest BCUT2D eigenvalue weighted by Crippen LogP contribution is 2.29. The van der Waals surface area contributed by atoms with Gasteiger partial charge in [-0.3, -0.25) is 0 Å². The molecule has 0 heterocycles. The van der Waals surface area contributed by atoms with Crippen molar-refractivity contribution in [1.29, 1.82) is 0 Å². The van der Waals surface area contributed by atoms with Crippen molar-refractivity contribution in [2.75, 3.05) is 7.05 Å². The van der Waals surface area contributed by atoms with E-state index in [1.165, 1.54) is 10.4 Å². The fourth-order valence-electron chi connectivity index (χ4n) is 2.27. The van der Waals surface area contributed by atoms with Gasteiger partial charge in [0.05, 0.1) is 4.90 Å². The molecule has 3 nitrogen and oxygen atoms in total. The minimum atomic E-state index is -3.56. The Balaban J connectivity index is 3.39. The summed E-state index contributed by atoms with van der Waals surface area (Å²) in [5.41, 5.74) is 1.41. The summed E-state index contributed by atoms with van der Waals surface area (Å²) in [7, 11) is -1.94. The molecule has 0 amide bonds. The Morgan fingerprint density at radius 1 is 1.25 bits per heavy atom. The Kier molecular flexibility index (Phi) is 6.32. The largest absolute Gasteiger partial charge is 0.243 e. The molecule has 0 radical (unpaired) electrons. The van der Waals surface area contributed by atoms with Crippen molar-refractivity contribution < 1.29 is 8.42 Å². The molecule has 0 unspecified atom stereocenters. The van der Waals surface area contributed by atoms with E-state index in [1.54, 1.807) is 20.0 Å². The first-order valence-electron chi connectivity index (χ1n) is 6.62. The molecule has 1 rings (SSSR count). The van der Waals surface area contributed by atoms with E-state index < -0.39 is 10.0 Å². The van der Waals surface area contributed by atoms with Gasteiger partial charge in [-0.05, 0) is 43.0 Å². The van der Waals surface area contributed by atoms with Gasteiger partial charge in [-0.2, -0.15) is 4.31 Å². The molecule has 1 aromatic carbocycles. The molecular weight excluding hydrogens is 317 g/mol. The Bertz CT molecular complexity index is 569. The highest BCUT2D eigenvalue weighted by Gasteiger charge is 2.28. The van der Waals surface area contributed by atoms with Gasteiger partial charge >= 0.3 is 0 Å². The normalized spacial score (nSPS) is 12.4. The monoisotopic (exact) mass is 337 g/mol. The number of hydrogen-bond donors (Lipinski definition) is 0. The van der Waals surface area contributed by atoms with Crippen LogP contribution >= 0.6 is 23.2 Å². The zero-order chi connectivity index (χ0) is 15.5. The Morgan fingerprint density at radius 2 is 1.80 bits per heavy atom. The van der Waals surface area contributed by atoms with Crippen LogP contribution in [0.5, 0.6) is 0 Å². The third-order valence-corrected chi connectivity index (χ3v) is 6.23. The van der Waals surface area contributed by atoms with Gasteiger partial charge in [0.2, 0.25) is 10.0 Å². The van der Waals surface area contributed by atoms with E-state index >= 15 is 0 Å². The van der Waals surface area contributed by atoms with E-state index in [2.05, 4.69) is 0 Å². The lowest BCUT2D eigenvalue weighted by atomic mass is 10.1. The molecule has 0 aliphatic carbocycles. The van der Waals surface area contributed by atoms with Gasteiger partial charge < -0.3 is 0 Å². The van der Waals surface area contributed by atoms with Crippen molar-refractivity contribution >= 4 is 33.2 Å². The number of benzene rings is 1. The van der Waals surface area contributed by atoms with Gasteiger partial charge in [-0.25, -0.2) is 8.42 Å². The van der Waals surface area contributed by atoms with Crippen LogP contribution in [0, 0.1) is 6.92 Å². The van der Waals surface area contributed by atoms with Crippen LogP contribution in [0.4, 0.5) is 0 Å². The highest BCUT2D eigenvalue weighted by molar-refractivity contribution is 7.89. The van der Waals surface area contributed by atoms with E-state index in [4.69, 9.17) is 23.2 Å². The molecule has 0 fully saturated rings. The van der Waals surface area contributed by atoms with Crippen molar-refractivity contribution in [2.24, 2.45) is 0 Å². The number of alkyl halides is 1. The van der Waals surface area contributed by atoms with Crippen LogP contribution in [0.25, 0.3) is 0 Å². The molecule has 114 valence electrons. The maximum Gasteiger partial charge on any atom is 0.243 e. The Morgan fingerprint density at radius 3 is 2.25 bits per heavy atom. The molecule has 20 heavy (non-hydrogen) atoms. The van der Waals surface area contributed by atoms with Crippen LogP contribution < -0.4 is 0 Å². The molecule has 0 aliphatic rings. The fraction of sp³-hybridized carbons (Fsp3) is 0.571. The van der Waals surface area contributed by atoms with Crippen LogP contribution in [0.3, 0.4) is 0 Å². The summed E-state index contributed by atoms with van der Waals surface area (Å²) < 4.78 is 26.9. The summed E-state index contributed by atoms with van der Waals surface area (Å²) in [5, 5.41) is 0.391. The third kappa shape index (κ3) is 3.48. The summed E-state index contributed by atoms with van der Waals surface area (Å²) in [4.78, 5) is 0.245. The Hall–Kier alpha value is -0.290. The predicted octanol–water partition coefficient (Wildman–Crippen LogP) is 4.20. The van der Waals surface area contributed by atoms with Crippen LogP contribution in [0.1, 0.15) is 37.8 Å². The third-order valence-electron chi connectivity index (χ3n) is 3.69. The lowest BCUT2D eigenvalue weighted by molar-refractivity contribution is 0.349. The van der Waals surface area contributed by atoms with Gasteiger partial charge in [0.25, 0.3) is 0 Å². The topological polar surface area (TPSA) is 37.4 Å². The van der Waals surface area contributed by atoms with E-state index in [-0.39, 0.29) is 16.8 Å². The van der Waals surface area contributed by atoms with Crippen LogP contribution in [-0.4, -0.2) is 25.8 Å². The molecule has 0 spiro atoms. The molecule has 0 aromatic heterocycles. The first-order chi connectivity index (χ1) is 9.29. The maximum atomic E-state index is 12.8. The number of rotatable bonds is 6. The second-order valence-corrected chi connectivity index (χ2v) is 7.48. The highest BCUT2D eigenvalue weighted by atomic mass is 35.5. The summed E-state index contributed by atoms with van der Waals surface area (Å²) in [6.07, 6.45) is 1.54. The van der Waals surface area contributed by atoms with E-state index in [0.717, 1.165) is 18.4 Å². The van der Waals surface area contributed by atoms with Gasteiger partial charge in [0.1, 0.15) is 0 Å². The molecule has 1 aromatic rings. The number of hydrogen-bond acceptors (Lipinski definition) is 2. The van der Waals surface area contributed by atoms with Gasteiger partial charge in [0.15, 0.2) is 0 Å². The lowest BCUT2D eigenvalue weighted by Crippen LogP contribution is -2.36. The molecule has 0 N–H and O–H groups in total. The number of halogens is 2. The molecule has 0 aliphatic heterocycles. The summed E-state index contributed by atoms with van der Waals surface area (Å²) in [6, 6.07) is 3.19. The quantitative estimate of drug-likeness (QED) is 0.729. The van der Waals surface area contributed by atoms with Crippen molar-refractivity contribution in [2.45, 2.75) is 50.4 Å². The van der Waals surface area contributed by atoms with E-state index in [0.29, 0.717) is 10.6 Å². The minimum absolute atomic E-state index is 0.0159. The Labute approximate surface area is 131 Å². The molecule has 0 saturated carbocycles. The average molecular weight is 338 g/mol. The smallest absolute Gasteiger partial charge is 0.207 e. The first kappa shape index (κ1) is 17.8. The molecule has 6 heteroatoms. The van der Waals surface area contributed by atoms with Gasteiger partial charge in [0, 0.05) is 24.0 Å². The van der Waals surface area contributed by atoms with E-state index in [1.807, 2.05) is 13.8 Å². The summed E-state index contributed by atoms with van der Waals surface area (Å²) in [5.74, 6) is 0.240. The number of sulfonamides is 1. The SMILES string of the molecule is CCC(CC)N(C)S(=O)(=O)c1cc(Cl)cc(CCl)c1C. The predicted molar refractivity (Wildman–Crippen MR) is 85.1 cm³/mol. The molecule has 0 saturated heterocycles.